The van der Waals surface area contributed by atoms with Gasteiger partial charge < -0.3 is 20.3 Å². The van der Waals surface area contributed by atoms with Crippen LogP contribution < -0.4 is 5.32 Å². The summed E-state index contributed by atoms with van der Waals surface area (Å²) < 4.78 is 5.91. The Balaban J connectivity index is 4.63. The third-order valence-electron chi connectivity index (χ3n) is 11.4. The predicted octanol–water partition coefficient (Wildman–Crippen LogP) is 15.2. The van der Waals surface area contributed by atoms with Crippen LogP contribution in [0.3, 0.4) is 0 Å². The Morgan fingerprint density at radius 3 is 1.32 bits per heavy atom. The summed E-state index contributed by atoms with van der Waals surface area (Å²) in [5.41, 5.74) is 0. The minimum Gasteiger partial charge on any atom is -0.462 e. The lowest BCUT2D eigenvalue weighted by Gasteiger charge is -2.24. The number of carbonyl (C=O) groups excluding carboxylic acids is 2. The highest BCUT2D eigenvalue weighted by Crippen LogP contribution is 2.17. The molecule has 0 heterocycles. The summed E-state index contributed by atoms with van der Waals surface area (Å²) in [6.07, 6.45) is 58.5. The Morgan fingerprint density at radius 1 is 0.483 bits per heavy atom. The Labute approximate surface area is 371 Å². The fourth-order valence-corrected chi connectivity index (χ4v) is 7.48. The van der Waals surface area contributed by atoms with Crippen molar-refractivity contribution in [1.82, 2.24) is 5.32 Å². The topological polar surface area (TPSA) is 95.9 Å². The van der Waals surface area contributed by atoms with Gasteiger partial charge in [0.1, 0.15) is 6.10 Å². The SMILES string of the molecule is CCCCC/C=C/C=C/CCCCCCC(CC(=O)NC(CO)C(O)CCCCCCCCCCCC)OC(=O)CCCCCCC/C=C/C=C/C=C/CCCCCCC. The molecule has 0 aliphatic heterocycles. The van der Waals surface area contributed by atoms with E-state index in [4.69, 9.17) is 4.74 Å². The number of hydrogen-bond donors (Lipinski definition) is 3. The molecule has 0 aromatic rings. The molecule has 0 aromatic carbocycles. The molecule has 0 aromatic heterocycles. The largest absolute Gasteiger partial charge is 0.462 e. The summed E-state index contributed by atoms with van der Waals surface area (Å²) in [5, 5.41) is 23.7. The molecular weight excluding hydrogens is 743 g/mol. The number of ether oxygens (including phenoxy) is 1. The molecule has 0 rings (SSSR count). The third kappa shape index (κ3) is 42.3. The summed E-state index contributed by atoms with van der Waals surface area (Å²) in [6, 6.07) is -0.713. The first-order valence-corrected chi connectivity index (χ1v) is 25.6. The van der Waals surface area contributed by atoms with Gasteiger partial charge >= 0.3 is 5.97 Å². The van der Waals surface area contributed by atoms with Crippen molar-refractivity contribution >= 4 is 11.9 Å². The van der Waals surface area contributed by atoms with Gasteiger partial charge in [-0.05, 0) is 77.0 Å². The van der Waals surface area contributed by atoms with E-state index in [1.807, 2.05) is 0 Å². The highest BCUT2D eigenvalue weighted by atomic mass is 16.5. The molecule has 60 heavy (non-hydrogen) atoms. The molecule has 3 N–H and O–H groups in total. The maximum Gasteiger partial charge on any atom is 0.306 e. The number of rotatable bonds is 45. The molecule has 0 aliphatic rings. The van der Waals surface area contributed by atoms with Crippen LogP contribution in [0.25, 0.3) is 0 Å². The van der Waals surface area contributed by atoms with Gasteiger partial charge in [0, 0.05) is 6.42 Å². The van der Waals surface area contributed by atoms with Crippen molar-refractivity contribution < 1.29 is 24.5 Å². The molecule has 0 spiro atoms. The number of aliphatic hydroxyl groups is 2. The molecule has 0 saturated heterocycles. The maximum atomic E-state index is 13.2. The number of amides is 1. The molecule has 1 amide bonds. The van der Waals surface area contributed by atoms with Crippen molar-refractivity contribution in [2.45, 2.75) is 264 Å². The van der Waals surface area contributed by atoms with Crippen LogP contribution in [0.1, 0.15) is 245 Å². The van der Waals surface area contributed by atoms with E-state index in [1.165, 1.54) is 103 Å². The molecular formula is C54H97NO5. The summed E-state index contributed by atoms with van der Waals surface area (Å²) >= 11 is 0. The van der Waals surface area contributed by atoms with Crippen LogP contribution in [0.5, 0.6) is 0 Å². The van der Waals surface area contributed by atoms with Crippen molar-refractivity contribution in [3.05, 3.63) is 60.8 Å². The Morgan fingerprint density at radius 2 is 0.850 bits per heavy atom. The number of allylic oxidation sites excluding steroid dienone is 10. The minimum absolute atomic E-state index is 0.0542. The van der Waals surface area contributed by atoms with Crippen molar-refractivity contribution in [2.24, 2.45) is 0 Å². The molecule has 348 valence electrons. The lowest BCUT2D eigenvalue weighted by Crippen LogP contribution is -2.46. The van der Waals surface area contributed by atoms with Crippen LogP contribution >= 0.6 is 0 Å². The molecule has 6 heteroatoms. The van der Waals surface area contributed by atoms with Crippen molar-refractivity contribution in [3.63, 3.8) is 0 Å². The van der Waals surface area contributed by atoms with E-state index in [-0.39, 0.29) is 24.9 Å². The van der Waals surface area contributed by atoms with Gasteiger partial charge in [0.15, 0.2) is 0 Å². The van der Waals surface area contributed by atoms with Gasteiger partial charge in [0.05, 0.1) is 25.2 Å². The third-order valence-corrected chi connectivity index (χ3v) is 11.4. The number of hydrogen-bond acceptors (Lipinski definition) is 5. The molecule has 3 unspecified atom stereocenters. The van der Waals surface area contributed by atoms with Gasteiger partial charge in [-0.2, -0.15) is 0 Å². The number of carbonyl (C=O) groups is 2. The lowest BCUT2D eigenvalue weighted by atomic mass is 10.0. The zero-order chi connectivity index (χ0) is 43.8. The van der Waals surface area contributed by atoms with Crippen LogP contribution in [0, 0.1) is 0 Å². The zero-order valence-electron chi connectivity index (χ0n) is 39.6. The van der Waals surface area contributed by atoms with E-state index in [0.29, 0.717) is 19.3 Å². The second kappa shape index (κ2) is 47.6. The van der Waals surface area contributed by atoms with E-state index in [0.717, 1.165) is 96.3 Å². The maximum absolute atomic E-state index is 13.2. The number of nitrogens with one attached hydrogen (secondary N) is 1. The Hall–Kier alpha value is -2.44. The Bertz CT molecular complexity index is 1080. The first-order chi connectivity index (χ1) is 29.5. The number of aliphatic hydroxyl groups excluding tert-OH is 2. The fraction of sp³-hybridized carbons (Fsp3) is 0.778. The lowest BCUT2D eigenvalue weighted by molar-refractivity contribution is -0.151. The van der Waals surface area contributed by atoms with Crippen LogP contribution in [0.15, 0.2) is 60.8 Å². The average molecular weight is 840 g/mol. The smallest absolute Gasteiger partial charge is 0.306 e. The van der Waals surface area contributed by atoms with Crippen molar-refractivity contribution in [1.29, 1.82) is 0 Å². The highest BCUT2D eigenvalue weighted by molar-refractivity contribution is 5.77. The first-order valence-electron chi connectivity index (χ1n) is 25.6. The quantitative estimate of drug-likeness (QED) is 0.0322. The van der Waals surface area contributed by atoms with E-state index in [1.54, 1.807) is 0 Å². The zero-order valence-corrected chi connectivity index (χ0v) is 39.6. The molecule has 0 bridgehead atoms. The standard InChI is InChI=1S/C54H97NO5/c1-4-7-10-13-16-19-22-24-25-26-27-28-30-32-35-38-41-44-47-54(59)60-50(45-42-39-36-33-31-29-23-20-17-14-11-8-5-2)48-53(58)55-51(49-56)52(57)46-43-40-37-34-21-18-15-12-9-6-3/h17,20,22-29,50-52,56-57H,4-16,18-19,21,30-49H2,1-3H3,(H,55,58)/b20-17+,24-22+,26-25+,28-27+,29-23+. The summed E-state index contributed by atoms with van der Waals surface area (Å²) in [7, 11) is 0. The van der Waals surface area contributed by atoms with E-state index in [2.05, 4.69) is 86.8 Å². The summed E-state index contributed by atoms with van der Waals surface area (Å²) in [6.45, 7) is 6.41. The van der Waals surface area contributed by atoms with Crippen LogP contribution in [0.4, 0.5) is 0 Å². The molecule has 0 radical (unpaired) electrons. The van der Waals surface area contributed by atoms with Gasteiger partial charge in [-0.1, -0.05) is 216 Å². The van der Waals surface area contributed by atoms with Crippen molar-refractivity contribution in [2.75, 3.05) is 6.61 Å². The normalized spacial score (nSPS) is 13.8. The molecule has 0 fully saturated rings. The first kappa shape index (κ1) is 57.6. The minimum atomic E-state index is -0.797. The van der Waals surface area contributed by atoms with Gasteiger partial charge in [0.25, 0.3) is 0 Å². The summed E-state index contributed by atoms with van der Waals surface area (Å²) in [4.78, 5) is 26.1. The van der Waals surface area contributed by atoms with E-state index < -0.39 is 18.2 Å². The predicted molar refractivity (Wildman–Crippen MR) is 259 cm³/mol. The number of esters is 1. The van der Waals surface area contributed by atoms with E-state index >= 15 is 0 Å². The van der Waals surface area contributed by atoms with E-state index in [9.17, 15) is 19.8 Å². The molecule has 6 nitrogen and oxygen atoms in total. The van der Waals surface area contributed by atoms with Crippen LogP contribution in [0.2, 0.25) is 0 Å². The molecule has 0 saturated carbocycles. The monoisotopic (exact) mass is 840 g/mol. The molecule has 0 aliphatic carbocycles. The highest BCUT2D eigenvalue weighted by Gasteiger charge is 2.24. The second-order valence-electron chi connectivity index (χ2n) is 17.3. The average Bonchev–Trinajstić information content (AvgIpc) is 3.24. The Kier molecular flexibility index (Phi) is 45.7. The number of unbranched alkanes of at least 4 members (excludes halogenated alkanes) is 26. The van der Waals surface area contributed by atoms with Gasteiger partial charge in [-0.25, -0.2) is 0 Å². The van der Waals surface area contributed by atoms with Gasteiger partial charge in [0.2, 0.25) is 5.91 Å². The summed E-state index contributed by atoms with van der Waals surface area (Å²) in [5.74, 6) is -0.517. The fourth-order valence-electron chi connectivity index (χ4n) is 7.48. The van der Waals surface area contributed by atoms with Crippen LogP contribution in [-0.4, -0.2) is 46.9 Å². The second-order valence-corrected chi connectivity index (χ2v) is 17.3. The van der Waals surface area contributed by atoms with Crippen LogP contribution in [-0.2, 0) is 14.3 Å². The van der Waals surface area contributed by atoms with Gasteiger partial charge in [-0.15, -0.1) is 0 Å². The molecule has 3 atom stereocenters. The van der Waals surface area contributed by atoms with Crippen molar-refractivity contribution in [3.8, 4) is 0 Å². The van der Waals surface area contributed by atoms with Gasteiger partial charge in [-0.3, -0.25) is 9.59 Å².